The fourth-order valence-corrected chi connectivity index (χ4v) is 4.38. The summed E-state index contributed by atoms with van der Waals surface area (Å²) in [5.41, 5.74) is 4.66. The highest BCUT2D eigenvalue weighted by molar-refractivity contribution is 6.30. The van der Waals surface area contributed by atoms with E-state index in [1.165, 1.54) is 11.1 Å². The first-order chi connectivity index (χ1) is 13.6. The van der Waals surface area contributed by atoms with Crippen molar-refractivity contribution in [1.82, 2.24) is 0 Å². The Hall–Kier alpha value is -3.26. The van der Waals surface area contributed by atoms with Gasteiger partial charge in [0.1, 0.15) is 0 Å². The molecule has 4 aromatic rings. The maximum atomic E-state index is 13.3. The minimum absolute atomic E-state index is 0.0603. The summed E-state index contributed by atoms with van der Waals surface area (Å²) in [5, 5.41) is 4.01. The molecule has 28 heavy (non-hydrogen) atoms. The molecule has 0 radical (unpaired) electrons. The predicted octanol–water partition coefficient (Wildman–Crippen LogP) is 5.89. The highest BCUT2D eigenvalue weighted by atomic mass is 16.1. The van der Waals surface area contributed by atoms with Crippen LogP contribution in [0.4, 0.5) is 0 Å². The van der Waals surface area contributed by atoms with Gasteiger partial charge in [0.2, 0.25) is 0 Å². The molecule has 0 amide bonds. The van der Waals surface area contributed by atoms with Crippen LogP contribution in [-0.2, 0) is 12.8 Å². The maximum Gasteiger partial charge on any atom is 0.194 e. The number of aryl methyl sites for hydroxylation is 2. The smallest absolute Gasteiger partial charge is 0.194 e. The summed E-state index contributed by atoms with van der Waals surface area (Å²) in [4.78, 5) is 26.5. The fraction of sp³-hybridized carbons (Fsp3) is 0.154. The zero-order valence-electron chi connectivity index (χ0n) is 16.0. The van der Waals surface area contributed by atoms with E-state index >= 15 is 0 Å². The van der Waals surface area contributed by atoms with Gasteiger partial charge in [0, 0.05) is 22.3 Å². The van der Waals surface area contributed by atoms with Crippen molar-refractivity contribution < 1.29 is 9.59 Å². The van der Waals surface area contributed by atoms with E-state index in [2.05, 4.69) is 26.0 Å². The second-order valence-electron chi connectivity index (χ2n) is 7.48. The number of ketones is 2. The molecule has 0 atom stereocenters. The zero-order valence-corrected chi connectivity index (χ0v) is 16.0. The topological polar surface area (TPSA) is 34.1 Å². The van der Waals surface area contributed by atoms with E-state index in [1.54, 1.807) is 0 Å². The summed E-state index contributed by atoms with van der Waals surface area (Å²) in [5.74, 6) is -0.121. The van der Waals surface area contributed by atoms with Gasteiger partial charge >= 0.3 is 0 Å². The van der Waals surface area contributed by atoms with Crippen molar-refractivity contribution in [2.45, 2.75) is 26.7 Å². The van der Waals surface area contributed by atoms with Crippen molar-refractivity contribution in [2.75, 3.05) is 0 Å². The van der Waals surface area contributed by atoms with Crippen LogP contribution in [-0.4, -0.2) is 11.6 Å². The van der Waals surface area contributed by atoms with Crippen LogP contribution in [0.5, 0.6) is 0 Å². The minimum atomic E-state index is -0.0603. The van der Waals surface area contributed by atoms with Crippen LogP contribution in [0.1, 0.15) is 56.8 Å². The van der Waals surface area contributed by atoms with E-state index in [0.29, 0.717) is 22.3 Å². The summed E-state index contributed by atoms with van der Waals surface area (Å²) in [6.45, 7) is 4.30. The lowest BCUT2D eigenvalue weighted by molar-refractivity contribution is 0.0979. The molecule has 0 heterocycles. The second kappa shape index (κ2) is 6.13. The van der Waals surface area contributed by atoms with E-state index in [0.717, 1.165) is 34.4 Å². The van der Waals surface area contributed by atoms with Crippen molar-refractivity contribution in [3.8, 4) is 0 Å². The Balaban J connectivity index is 1.78. The van der Waals surface area contributed by atoms with Gasteiger partial charge in [-0.25, -0.2) is 0 Å². The molecule has 1 aliphatic rings. The SMILES string of the molecule is CCc1cc2cc3c(cc2cc1CC)C(=O)c1cc2ccccc2cc1C3=O. The van der Waals surface area contributed by atoms with Crippen LogP contribution in [0, 0.1) is 0 Å². The number of fused-ring (bicyclic) bond motifs is 4. The number of carbonyl (C=O) groups is 2. The molecule has 136 valence electrons. The van der Waals surface area contributed by atoms with E-state index in [1.807, 2.05) is 48.5 Å². The molecule has 0 N–H and O–H groups in total. The van der Waals surface area contributed by atoms with Gasteiger partial charge in [-0.3, -0.25) is 9.59 Å². The van der Waals surface area contributed by atoms with E-state index in [9.17, 15) is 9.59 Å². The molecule has 0 aromatic heterocycles. The van der Waals surface area contributed by atoms with Gasteiger partial charge in [0.25, 0.3) is 0 Å². The number of benzene rings is 4. The molecule has 0 saturated heterocycles. The zero-order chi connectivity index (χ0) is 19.4. The molecular weight excluding hydrogens is 344 g/mol. The van der Waals surface area contributed by atoms with E-state index in [-0.39, 0.29) is 11.6 Å². The fourth-order valence-electron chi connectivity index (χ4n) is 4.38. The summed E-state index contributed by atoms with van der Waals surface area (Å²) in [6.07, 6.45) is 1.91. The van der Waals surface area contributed by atoms with Crippen LogP contribution < -0.4 is 0 Å². The first kappa shape index (κ1) is 16.9. The molecule has 1 aliphatic carbocycles. The van der Waals surface area contributed by atoms with Gasteiger partial charge in [0.05, 0.1) is 0 Å². The molecule has 0 saturated carbocycles. The molecule has 2 heteroatoms. The number of hydrogen-bond acceptors (Lipinski definition) is 2. The normalized spacial score (nSPS) is 13.1. The van der Waals surface area contributed by atoms with Gasteiger partial charge < -0.3 is 0 Å². The Morgan fingerprint density at radius 2 is 0.893 bits per heavy atom. The molecule has 0 spiro atoms. The summed E-state index contributed by atoms with van der Waals surface area (Å²) < 4.78 is 0. The molecule has 0 unspecified atom stereocenters. The Morgan fingerprint density at radius 1 is 0.536 bits per heavy atom. The Labute approximate surface area is 163 Å². The summed E-state index contributed by atoms with van der Waals surface area (Å²) >= 11 is 0. The average molecular weight is 364 g/mol. The van der Waals surface area contributed by atoms with Crippen molar-refractivity contribution in [3.63, 3.8) is 0 Å². The lowest BCUT2D eigenvalue weighted by Crippen LogP contribution is -2.21. The maximum absolute atomic E-state index is 13.3. The lowest BCUT2D eigenvalue weighted by Gasteiger charge is -2.20. The minimum Gasteiger partial charge on any atom is -0.289 e. The third-order valence-corrected chi connectivity index (χ3v) is 5.92. The molecule has 0 bridgehead atoms. The third kappa shape index (κ3) is 2.34. The molecule has 0 fully saturated rings. The van der Waals surface area contributed by atoms with Crippen LogP contribution >= 0.6 is 0 Å². The van der Waals surface area contributed by atoms with Crippen molar-refractivity contribution >= 4 is 33.1 Å². The van der Waals surface area contributed by atoms with Gasteiger partial charge in [0.15, 0.2) is 11.6 Å². The number of rotatable bonds is 2. The predicted molar refractivity (Wildman–Crippen MR) is 114 cm³/mol. The first-order valence-corrected chi connectivity index (χ1v) is 9.82. The molecule has 2 nitrogen and oxygen atoms in total. The molecular formula is C26H20O2. The quantitative estimate of drug-likeness (QED) is 0.391. The Bertz CT molecular complexity index is 1210. The van der Waals surface area contributed by atoms with E-state index < -0.39 is 0 Å². The number of carbonyl (C=O) groups excluding carboxylic acids is 2. The van der Waals surface area contributed by atoms with Crippen molar-refractivity contribution in [3.05, 3.63) is 94.0 Å². The lowest BCUT2D eigenvalue weighted by atomic mass is 9.81. The number of hydrogen-bond donors (Lipinski definition) is 0. The van der Waals surface area contributed by atoms with Crippen molar-refractivity contribution in [2.24, 2.45) is 0 Å². The second-order valence-corrected chi connectivity index (χ2v) is 7.48. The van der Waals surface area contributed by atoms with Crippen LogP contribution in [0.2, 0.25) is 0 Å². The first-order valence-electron chi connectivity index (χ1n) is 9.82. The van der Waals surface area contributed by atoms with Crippen molar-refractivity contribution in [1.29, 1.82) is 0 Å². The van der Waals surface area contributed by atoms with Gasteiger partial charge in [-0.05, 0) is 69.8 Å². The largest absolute Gasteiger partial charge is 0.289 e. The Morgan fingerprint density at radius 3 is 1.25 bits per heavy atom. The van der Waals surface area contributed by atoms with Crippen LogP contribution in [0.25, 0.3) is 21.5 Å². The summed E-state index contributed by atoms with van der Waals surface area (Å²) in [7, 11) is 0. The highest BCUT2D eigenvalue weighted by Crippen LogP contribution is 2.34. The third-order valence-electron chi connectivity index (χ3n) is 5.92. The highest BCUT2D eigenvalue weighted by Gasteiger charge is 2.30. The Kier molecular flexibility index (Phi) is 3.70. The van der Waals surface area contributed by atoms with Gasteiger partial charge in [-0.15, -0.1) is 0 Å². The summed E-state index contributed by atoms with van der Waals surface area (Å²) in [6, 6.07) is 19.7. The average Bonchev–Trinajstić information content (AvgIpc) is 2.74. The van der Waals surface area contributed by atoms with Crippen LogP contribution in [0.3, 0.4) is 0 Å². The molecule has 5 rings (SSSR count). The molecule has 0 aliphatic heterocycles. The van der Waals surface area contributed by atoms with E-state index in [4.69, 9.17) is 0 Å². The van der Waals surface area contributed by atoms with Gasteiger partial charge in [-0.1, -0.05) is 50.2 Å². The standard InChI is InChI=1S/C26H20O2/c1-3-15-9-19-13-23-24(14-20(19)10-16(15)4-2)26(28)22-12-18-8-6-5-7-17(18)11-21(22)25(23)27/h5-14H,3-4H2,1-2H3. The molecule has 4 aromatic carbocycles. The monoisotopic (exact) mass is 364 g/mol. The van der Waals surface area contributed by atoms with Crippen LogP contribution in [0.15, 0.2) is 60.7 Å². The van der Waals surface area contributed by atoms with Gasteiger partial charge in [-0.2, -0.15) is 0 Å².